The highest BCUT2D eigenvalue weighted by Crippen LogP contribution is 2.25. The van der Waals surface area contributed by atoms with Crippen LogP contribution in [0.5, 0.6) is 0 Å². The van der Waals surface area contributed by atoms with E-state index in [4.69, 9.17) is 0 Å². The van der Waals surface area contributed by atoms with Crippen LogP contribution in [0.2, 0.25) is 0 Å². The van der Waals surface area contributed by atoms with Crippen molar-refractivity contribution in [1.82, 2.24) is 20.5 Å². The van der Waals surface area contributed by atoms with Crippen LogP contribution < -0.4 is 16.0 Å². The lowest BCUT2D eigenvalue weighted by atomic mass is 9.86. The second kappa shape index (κ2) is 17.5. The molecule has 0 saturated carbocycles. The van der Waals surface area contributed by atoms with Gasteiger partial charge in [-0.3, -0.25) is 33.9 Å². The first-order valence-corrected chi connectivity index (χ1v) is 18.8. The maximum atomic E-state index is 13.9. The number of amides is 5. The van der Waals surface area contributed by atoms with Crippen LogP contribution >= 0.6 is 24.4 Å². The van der Waals surface area contributed by atoms with Gasteiger partial charge >= 0.3 is 0 Å². The number of thiol groups is 1. The number of rotatable bonds is 15. The molecule has 1 aliphatic heterocycles. The van der Waals surface area contributed by atoms with Crippen LogP contribution in [0.15, 0.2) is 103 Å². The van der Waals surface area contributed by atoms with Crippen molar-refractivity contribution in [2.75, 3.05) is 17.6 Å². The Morgan fingerprint density at radius 2 is 1.37 bits per heavy atom. The number of pyridine rings is 1. The summed E-state index contributed by atoms with van der Waals surface area (Å²) in [5.41, 5.74) is 3.89. The molecule has 1 unspecified atom stereocenters. The summed E-state index contributed by atoms with van der Waals surface area (Å²) in [5, 5.41) is 7.78. The molecule has 5 amide bonds. The molecule has 5 rings (SSSR count). The standard InChI is InChI=1S/C40H43N5O5S2/c1-40(2,3)34(37(48)42-29-19-21-41-22-20-29)44-35(46)32(25-52-24-26-15-17-28(18-16-26)27-10-5-4-6-11-27)43-36(47)33(51)14-9-23-45-38(49)30-12-7-8-13-31(30)39(45)50/h4-8,10-13,15-22,32-34,51H,9,14,23-25H2,1-3H3,(H,43,47)(H,44,46)(H,41,42,48)/t32-,33?,34+/m0/s1. The Balaban J connectivity index is 1.23. The van der Waals surface area contributed by atoms with Gasteiger partial charge < -0.3 is 16.0 Å². The first-order chi connectivity index (χ1) is 24.9. The molecule has 0 radical (unpaired) electrons. The van der Waals surface area contributed by atoms with Crippen molar-refractivity contribution in [3.05, 3.63) is 120 Å². The summed E-state index contributed by atoms with van der Waals surface area (Å²) in [6.45, 7) is 5.69. The molecular weight excluding hydrogens is 695 g/mol. The van der Waals surface area contributed by atoms with E-state index in [-0.39, 0.29) is 30.5 Å². The highest BCUT2D eigenvalue weighted by molar-refractivity contribution is 7.98. The monoisotopic (exact) mass is 737 g/mol. The molecule has 4 aromatic rings. The summed E-state index contributed by atoms with van der Waals surface area (Å²) in [7, 11) is 0. The van der Waals surface area contributed by atoms with E-state index < -0.39 is 40.5 Å². The first kappa shape index (κ1) is 38.3. The SMILES string of the molecule is CC(C)(C)[C@H](NC(=O)[C@H](CSCc1ccc(-c2ccccc2)cc1)NC(=O)C(S)CCCN1C(=O)c2ccccc2C1=O)C(=O)Nc1ccncc1. The minimum absolute atomic E-state index is 0.138. The quantitative estimate of drug-likeness (QED) is 0.0867. The number of imide groups is 1. The van der Waals surface area contributed by atoms with Gasteiger partial charge in [-0.15, -0.1) is 0 Å². The number of anilines is 1. The lowest BCUT2D eigenvalue weighted by Crippen LogP contribution is -2.58. The third kappa shape index (κ3) is 9.89. The number of aromatic nitrogens is 1. The van der Waals surface area contributed by atoms with Gasteiger partial charge in [0.2, 0.25) is 17.7 Å². The fourth-order valence-electron chi connectivity index (χ4n) is 5.75. The number of nitrogens with zero attached hydrogens (tertiary/aromatic N) is 2. The number of benzene rings is 3. The molecule has 0 aliphatic carbocycles. The average molecular weight is 738 g/mol. The number of fused-ring (bicyclic) bond motifs is 1. The predicted molar refractivity (Wildman–Crippen MR) is 208 cm³/mol. The maximum absolute atomic E-state index is 13.9. The molecule has 1 aromatic heterocycles. The zero-order chi connectivity index (χ0) is 37.3. The number of hydrogen-bond donors (Lipinski definition) is 4. The van der Waals surface area contributed by atoms with Crippen LogP contribution in [0.1, 0.15) is 59.9 Å². The molecule has 2 heterocycles. The van der Waals surface area contributed by atoms with Crippen LogP contribution in [-0.2, 0) is 20.1 Å². The zero-order valence-electron chi connectivity index (χ0n) is 29.4. The summed E-state index contributed by atoms with van der Waals surface area (Å²) in [5.74, 6) is -1.26. The highest BCUT2D eigenvalue weighted by atomic mass is 32.2. The minimum atomic E-state index is -0.981. The van der Waals surface area contributed by atoms with Crippen molar-refractivity contribution >= 4 is 59.6 Å². The topological polar surface area (TPSA) is 138 Å². The molecule has 52 heavy (non-hydrogen) atoms. The molecule has 3 N–H and O–H groups in total. The van der Waals surface area contributed by atoms with Gasteiger partial charge in [0.15, 0.2) is 0 Å². The van der Waals surface area contributed by atoms with Gasteiger partial charge in [-0.1, -0.05) is 87.5 Å². The van der Waals surface area contributed by atoms with E-state index >= 15 is 0 Å². The summed E-state index contributed by atoms with van der Waals surface area (Å²) < 4.78 is 0. The largest absolute Gasteiger partial charge is 0.343 e. The number of thioether (sulfide) groups is 1. The molecule has 0 bridgehead atoms. The highest BCUT2D eigenvalue weighted by Gasteiger charge is 2.36. The molecule has 270 valence electrons. The molecule has 10 nitrogen and oxygen atoms in total. The van der Waals surface area contributed by atoms with E-state index in [1.807, 2.05) is 51.1 Å². The number of hydrogen-bond acceptors (Lipinski definition) is 8. The fraction of sp³-hybridized carbons (Fsp3) is 0.300. The van der Waals surface area contributed by atoms with Crippen LogP contribution in [0.3, 0.4) is 0 Å². The van der Waals surface area contributed by atoms with Crippen LogP contribution in [0.4, 0.5) is 5.69 Å². The van der Waals surface area contributed by atoms with E-state index in [2.05, 4.69) is 57.8 Å². The Bertz CT molecular complexity index is 1850. The van der Waals surface area contributed by atoms with Crippen molar-refractivity contribution in [2.24, 2.45) is 5.41 Å². The smallest absolute Gasteiger partial charge is 0.261 e. The lowest BCUT2D eigenvalue weighted by molar-refractivity contribution is -0.131. The molecule has 12 heteroatoms. The van der Waals surface area contributed by atoms with Gasteiger partial charge in [0.1, 0.15) is 12.1 Å². The molecule has 0 saturated heterocycles. The van der Waals surface area contributed by atoms with Gasteiger partial charge in [0.05, 0.1) is 16.4 Å². The molecule has 3 aromatic carbocycles. The van der Waals surface area contributed by atoms with Crippen molar-refractivity contribution in [2.45, 2.75) is 56.7 Å². The van der Waals surface area contributed by atoms with Crippen LogP contribution in [-0.4, -0.2) is 69.1 Å². The van der Waals surface area contributed by atoms with Crippen molar-refractivity contribution in [3.8, 4) is 11.1 Å². The Morgan fingerprint density at radius 1 is 0.769 bits per heavy atom. The number of carbonyl (C=O) groups excluding carboxylic acids is 5. The van der Waals surface area contributed by atoms with E-state index in [0.29, 0.717) is 29.0 Å². The Hall–Kier alpha value is -4.94. The van der Waals surface area contributed by atoms with Crippen molar-refractivity contribution in [1.29, 1.82) is 0 Å². The molecule has 3 atom stereocenters. The molecular formula is C40H43N5O5S2. The average Bonchev–Trinajstić information content (AvgIpc) is 3.38. The van der Waals surface area contributed by atoms with Gasteiger partial charge in [-0.2, -0.15) is 24.4 Å². The lowest BCUT2D eigenvalue weighted by Gasteiger charge is -2.32. The Labute approximate surface area is 314 Å². The Morgan fingerprint density at radius 3 is 1.98 bits per heavy atom. The third-order valence-corrected chi connectivity index (χ3v) is 10.2. The minimum Gasteiger partial charge on any atom is -0.343 e. The van der Waals surface area contributed by atoms with Gasteiger partial charge in [0, 0.05) is 36.1 Å². The number of carbonyl (C=O) groups is 5. The summed E-state index contributed by atoms with van der Waals surface area (Å²) in [6.07, 6.45) is 3.73. The van der Waals surface area contributed by atoms with E-state index in [0.717, 1.165) is 16.7 Å². The summed E-state index contributed by atoms with van der Waals surface area (Å²) in [6, 6.07) is 26.4. The summed E-state index contributed by atoms with van der Waals surface area (Å²) >= 11 is 6.01. The normalized spacial score (nSPS) is 14.3. The molecule has 0 spiro atoms. The zero-order valence-corrected chi connectivity index (χ0v) is 31.1. The fourth-order valence-corrected chi connectivity index (χ4v) is 7.03. The van der Waals surface area contributed by atoms with Gasteiger partial charge in [-0.25, -0.2) is 0 Å². The van der Waals surface area contributed by atoms with E-state index in [1.54, 1.807) is 48.8 Å². The number of nitrogens with one attached hydrogen (secondary N) is 3. The summed E-state index contributed by atoms with van der Waals surface area (Å²) in [4.78, 5) is 71.4. The van der Waals surface area contributed by atoms with Gasteiger partial charge in [-0.05, 0) is 59.2 Å². The molecule has 1 aliphatic rings. The molecule has 0 fully saturated rings. The van der Waals surface area contributed by atoms with Crippen LogP contribution in [0.25, 0.3) is 11.1 Å². The van der Waals surface area contributed by atoms with E-state index in [9.17, 15) is 24.0 Å². The Kier molecular flexibility index (Phi) is 12.9. The van der Waals surface area contributed by atoms with Crippen LogP contribution in [0, 0.1) is 5.41 Å². The maximum Gasteiger partial charge on any atom is 0.261 e. The first-order valence-electron chi connectivity index (χ1n) is 17.1. The van der Waals surface area contributed by atoms with Crippen molar-refractivity contribution in [3.63, 3.8) is 0 Å². The van der Waals surface area contributed by atoms with Gasteiger partial charge in [0.25, 0.3) is 11.8 Å². The van der Waals surface area contributed by atoms with E-state index in [1.165, 1.54) is 16.7 Å². The predicted octanol–water partition coefficient (Wildman–Crippen LogP) is 6.01. The second-order valence-corrected chi connectivity index (χ2v) is 15.3. The third-order valence-electron chi connectivity index (χ3n) is 8.65. The second-order valence-electron chi connectivity index (χ2n) is 13.6. The van der Waals surface area contributed by atoms with Crippen molar-refractivity contribution < 1.29 is 24.0 Å².